The van der Waals surface area contributed by atoms with Crippen molar-refractivity contribution >= 4 is 42.6 Å². The molecule has 1 aromatic rings. The highest BCUT2D eigenvalue weighted by Gasteiger charge is 2.10. The van der Waals surface area contributed by atoms with Crippen LogP contribution in [-0.2, 0) is 4.74 Å². The summed E-state index contributed by atoms with van der Waals surface area (Å²) in [5.41, 5.74) is 0.958. The lowest BCUT2D eigenvalue weighted by Gasteiger charge is -2.09. The van der Waals surface area contributed by atoms with Gasteiger partial charge in [-0.2, -0.15) is 0 Å². The van der Waals surface area contributed by atoms with E-state index in [0.29, 0.717) is 23.2 Å². The summed E-state index contributed by atoms with van der Waals surface area (Å²) in [7, 11) is -2.89. The van der Waals surface area contributed by atoms with Crippen LogP contribution in [0.25, 0.3) is 0 Å². The van der Waals surface area contributed by atoms with Crippen LogP contribution in [0.3, 0.4) is 0 Å². The minimum absolute atomic E-state index is 0.0334. The maximum absolute atomic E-state index is 10.8. The highest BCUT2D eigenvalue weighted by atomic mass is 32.1. The summed E-state index contributed by atoms with van der Waals surface area (Å²) < 4.78 is 5.01. The molecule has 0 unspecified atom stereocenters. The second kappa shape index (κ2) is 10.2. The first-order valence-corrected chi connectivity index (χ1v) is 7.57. The first-order valence-electron chi connectivity index (χ1n) is 7.16. The van der Waals surface area contributed by atoms with Gasteiger partial charge in [0.2, 0.25) is 0 Å². The van der Waals surface area contributed by atoms with E-state index < -0.39 is 14.2 Å². The topological polar surface area (TPSA) is 107 Å². The number of hydrogen-bond donors (Lipinski definition) is 4. The number of carbonyl (C=O) groups excluding carboxylic acids is 1. The molecule has 0 atom stereocenters. The molecule has 9 heteroatoms. The SMILES string of the molecule is CC(=O)c1ccc(B(O)O)cc1.OB(O)COC1=CCC(=S)C=C1. The van der Waals surface area contributed by atoms with Gasteiger partial charge in [0.25, 0.3) is 0 Å². The molecule has 0 fully saturated rings. The van der Waals surface area contributed by atoms with Crippen LogP contribution in [0.5, 0.6) is 0 Å². The van der Waals surface area contributed by atoms with Crippen LogP contribution in [0.4, 0.5) is 0 Å². The van der Waals surface area contributed by atoms with Crippen molar-refractivity contribution in [3.63, 3.8) is 0 Å². The molecule has 0 saturated heterocycles. The lowest BCUT2D eigenvalue weighted by atomic mass is 9.80. The van der Waals surface area contributed by atoms with E-state index in [4.69, 9.17) is 37.1 Å². The van der Waals surface area contributed by atoms with Gasteiger partial charge in [-0.15, -0.1) is 0 Å². The lowest BCUT2D eigenvalue weighted by molar-refractivity contribution is 0.101. The molecule has 2 rings (SSSR count). The fraction of sp³-hybridized carbons (Fsp3) is 0.200. The van der Waals surface area contributed by atoms with Gasteiger partial charge in [0, 0.05) is 16.8 Å². The normalized spacial score (nSPS) is 12.7. The van der Waals surface area contributed by atoms with Crippen LogP contribution >= 0.6 is 12.2 Å². The number of benzene rings is 1. The van der Waals surface area contributed by atoms with Gasteiger partial charge in [0.05, 0.1) is 0 Å². The highest BCUT2D eigenvalue weighted by Crippen LogP contribution is 2.09. The van der Waals surface area contributed by atoms with Crippen molar-refractivity contribution in [2.45, 2.75) is 13.3 Å². The van der Waals surface area contributed by atoms with E-state index in [1.165, 1.54) is 19.1 Å². The van der Waals surface area contributed by atoms with E-state index >= 15 is 0 Å². The molecule has 0 bridgehead atoms. The highest BCUT2D eigenvalue weighted by molar-refractivity contribution is 7.80. The average Bonchev–Trinajstić information content (AvgIpc) is 2.55. The molecular formula is C15H18B2O6S. The molecule has 24 heavy (non-hydrogen) atoms. The van der Waals surface area contributed by atoms with Crippen LogP contribution in [-0.4, -0.2) is 51.5 Å². The maximum atomic E-state index is 10.8. The Morgan fingerprint density at radius 2 is 1.79 bits per heavy atom. The van der Waals surface area contributed by atoms with Crippen molar-refractivity contribution in [1.29, 1.82) is 0 Å². The number of ketones is 1. The van der Waals surface area contributed by atoms with Gasteiger partial charge in [0.1, 0.15) is 12.3 Å². The number of Topliss-reactive ketones (excluding diaryl/α,β-unsaturated/α-hetero) is 1. The molecular weight excluding hydrogens is 330 g/mol. The summed E-state index contributed by atoms with van der Waals surface area (Å²) in [6, 6.07) is 6.16. The second-order valence-electron chi connectivity index (χ2n) is 4.95. The van der Waals surface area contributed by atoms with Gasteiger partial charge in [0.15, 0.2) is 5.78 Å². The Bertz CT molecular complexity index is 625. The summed E-state index contributed by atoms with van der Waals surface area (Å²) in [5, 5.41) is 34.4. The predicted octanol–water partition coefficient (Wildman–Crippen LogP) is -0.202. The van der Waals surface area contributed by atoms with Crippen molar-refractivity contribution < 1.29 is 29.6 Å². The molecule has 0 aliphatic heterocycles. The van der Waals surface area contributed by atoms with Crippen molar-refractivity contribution in [3.05, 3.63) is 53.8 Å². The number of ether oxygens (including phenoxy) is 1. The van der Waals surface area contributed by atoms with Crippen molar-refractivity contribution in [1.82, 2.24) is 0 Å². The quantitative estimate of drug-likeness (QED) is 0.332. The van der Waals surface area contributed by atoms with Gasteiger partial charge < -0.3 is 24.8 Å². The Morgan fingerprint density at radius 1 is 1.17 bits per heavy atom. The molecule has 4 N–H and O–H groups in total. The number of thiocarbonyl (C=S) groups is 1. The van der Waals surface area contributed by atoms with Gasteiger partial charge in [-0.25, -0.2) is 0 Å². The minimum Gasteiger partial charge on any atom is -0.496 e. The summed E-state index contributed by atoms with van der Waals surface area (Å²) >= 11 is 4.91. The van der Waals surface area contributed by atoms with Gasteiger partial charge >= 0.3 is 14.2 Å². The summed E-state index contributed by atoms with van der Waals surface area (Å²) in [6.07, 6.45) is 5.98. The van der Waals surface area contributed by atoms with Crippen LogP contribution in [0, 0.1) is 0 Å². The van der Waals surface area contributed by atoms with Crippen LogP contribution in [0.1, 0.15) is 23.7 Å². The molecule has 1 aliphatic rings. The van der Waals surface area contributed by atoms with Crippen LogP contribution in [0.15, 0.2) is 48.3 Å². The van der Waals surface area contributed by atoms with E-state index in [1.807, 2.05) is 6.08 Å². The molecule has 0 radical (unpaired) electrons. The monoisotopic (exact) mass is 348 g/mol. The van der Waals surface area contributed by atoms with Gasteiger partial charge in [-0.3, -0.25) is 4.79 Å². The zero-order valence-corrected chi connectivity index (χ0v) is 13.9. The maximum Gasteiger partial charge on any atom is 0.491 e. The average molecular weight is 348 g/mol. The molecule has 0 spiro atoms. The molecule has 0 amide bonds. The van der Waals surface area contributed by atoms with E-state index in [9.17, 15) is 4.79 Å². The van der Waals surface area contributed by atoms with E-state index in [0.717, 1.165) is 4.86 Å². The largest absolute Gasteiger partial charge is 0.496 e. The van der Waals surface area contributed by atoms with Gasteiger partial charge in [-0.05, 0) is 30.6 Å². The Kier molecular flexibility index (Phi) is 8.59. The van der Waals surface area contributed by atoms with Crippen molar-refractivity contribution in [3.8, 4) is 0 Å². The molecule has 0 saturated carbocycles. The number of carbonyl (C=O) groups is 1. The Morgan fingerprint density at radius 3 is 2.21 bits per heavy atom. The van der Waals surface area contributed by atoms with E-state index in [-0.39, 0.29) is 12.3 Å². The lowest BCUT2D eigenvalue weighted by Crippen LogP contribution is -2.29. The molecule has 1 aliphatic carbocycles. The molecule has 1 aromatic carbocycles. The Hall–Kier alpha value is -1.77. The minimum atomic E-state index is -1.47. The van der Waals surface area contributed by atoms with E-state index in [2.05, 4.69) is 0 Å². The standard InChI is InChI=1S/C8H9BO3.C7H9BO3S/c1-6(10)7-2-4-8(5-3-7)9(11)12;9-8(10)5-11-6-1-3-7(12)4-2-6/h2-5,11-12H,1H3;1-3,9-10H,4-5H2. The number of rotatable bonds is 5. The first-order chi connectivity index (χ1) is 11.3. The molecule has 0 heterocycles. The van der Waals surface area contributed by atoms with Crippen LogP contribution < -0.4 is 5.46 Å². The predicted molar refractivity (Wildman–Crippen MR) is 96.9 cm³/mol. The third-order valence-electron chi connectivity index (χ3n) is 2.95. The van der Waals surface area contributed by atoms with Crippen LogP contribution in [0.2, 0.25) is 0 Å². The zero-order chi connectivity index (χ0) is 18.1. The molecule has 6 nitrogen and oxygen atoms in total. The van der Waals surface area contributed by atoms with E-state index in [1.54, 1.807) is 24.3 Å². The zero-order valence-electron chi connectivity index (χ0n) is 13.1. The van der Waals surface area contributed by atoms with Gasteiger partial charge in [-0.1, -0.05) is 36.5 Å². The molecule has 126 valence electrons. The van der Waals surface area contributed by atoms with Crippen molar-refractivity contribution in [2.24, 2.45) is 0 Å². The second-order valence-corrected chi connectivity index (χ2v) is 5.48. The van der Waals surface area contributed by atoms with Crippen molar-refractivity contribution in [2.75, 3.05) is 6.51 Å². The Labute approximate surface area is 146 Å². The third-order valence-corrected chi connectivity index (χ3v) is 3.26. The first kappa shape index (κ1) is 20.3. The summed E-state index contributed by atoms with van der Waals surface area (Å²) in [4.78, 5) is 11.7. The third kappa shape index (κ3) is 7.67. The summed E-state index contributed by atoms with van der Waals surface area (Å²) in [6.45, 7) is 1.35. The Balaban J connectivity index is 0.000000240. The molecule has 0 aromatic heterocycles. The fourth-order valence-electron chi connectivity index (χ4n) is 1.68. The fourth-order valence-corrected chi connectivity index (χ4v) is 1.83. The summed E-state index contributed by atoms with van der Waals surface area (Å²) in [5.74, 6) is 0.602. The number of allylic oxidation sites excluding steroid dienone is 3. The smallest absolute Gasteiger partial charge is 0.491 e. The number of hydrogen-bond acceptors (Lipinski definition) is 7.